The first-order chi connectivity index (χ1) is 9.54. The highest BCUT2D eigenvalue weighted by Gasteiger charge is 2.42. The van der Waals surface area contributed by atoms with Gasteiger partial charge in [0.05, 0.1) is 12.0 Å². The van der Waals surface area contributed by atoms with Gasteiger partial charge in [-0.3, -0.25) is 4.79 Å². The number of nitrogens with two attached hydrogens (primary N) is 1. The van der Waals surface area contributed by atoms with Crippen LogP contribution in [0.3, 0.4) is 0 Å². The maximum atomic E-state index is 12.7. The first kappa shape index (κ1) is 13.4. The average Bonchev–Trinajstić information content (AvgIpc) is 2.68. The lowest BCUT2D eigenvalue weighted by Gasteiger charge is -2.41. The summed E-state index contributed by atoms with van der Waals surface area (Å²) in [4.78, 5) is 14.6. The lowest BCUT2D eigenvalue weighted by Crippen LogP contribution is -2.46. The van der Waals surface area contributed by atoms with E-state index in [9.17, 15) is 4.79 Å². The molecule has 4 heteroatoms. The van der Waals surface area contributed by atoms with E-state index in [2.05, 4.69) is 6.92 Å². The van der Waals surface area contributed by atoms with E-state index in [1.807, 2.05) is 23.1 Å². The zero-order chi connectivity index (χ0) is 14.3. The van der Waals surface area contributed by atoms with Crippen molar-refractivity contribution in [3.05, 3.63) is 23.8 Å². The van der Waals surface area contributed by atoms with Crippen molar-refractivity contribution in [3.63, 3.8) is 0 Å². The summed E-state index contributed by atoms with van der Waals surface area (Å²) in [6.07, 6.45) is 4.51. The van der Waals surface area contributed by atoms with Gasteiger partial charge in [0.2, 0.25) is 5.91 Å². The minimum absolute atomic E-state index is 0.169. The Morgan fingerprint density at radius 1 is 1.50 bits per heavy atom. The summed E-state index contributed by atoms with van der Waals surface area (Å²) in [5.74, 6) is 0.169. The van der Waals surface area contributed by atoms with E-state index < -0.39 is 0 Å². The van der Waals surface area contributed by atoms with E-state index in [1.165, 1.54) is 5.56 Å². The Balaban J connectivity index is 1.82. The number of benzene rings is 1. The number of nitrogens with zero attached hydrogens (tertiary/aromatic N) is 1. The molecule has 1 aromatic carbocycles. The molecule has 0 saturated heterocycles. The number of hydrogen-bond acceptors (Lipinski definition) is 3. The molecule has 20 heavy (non-hydrogen) atoms. The third-order valence-electron chi connectivity index (χ3n) is 4.76. The number of anilines is 2. The number of methoxy groups -OCH3 is 1. The van der Waals surface area contributed by atoms with Crippen LogP contribution in [-0.4, -0.2) is 24.7 Å². The van der Waals surface area contributed by atoms with E-state index in [-0.39, 0.29) is 17.6 Å². The van der Waals surface area contributed by atoms with E-state index >= 15 is 0 Å². The normalized spacial score (nSPS) is 23.3. The fraction of sp³-hybridized carbons (Fsp3) is 0.562. The Hall–Kier alpha value is -1.55. The van der Waals surface area contributed by atoms with Crippen LogP contribution in [0, 0.1) is 0 Å². The lowest BCUT2D eigenvalue weighted by atomic mass is 9.77. The summed E-state index contributed by atoms with van der Waals surface area (Å²) in [7, 11) is 1.72. The summed E-state index contributed by atoms with van der Waals surface area (Å²) in [6.45, 7) is 2.09. The summed E-state index contributed by atoms with van der Waals surface area (Å²) in [5, 5.41) is 0. The van der Waals surface area contributed by atoms with Crippen LogP contribution in [0.15, 0.2) is 18.2 Å². The minimum Gasteiger partial charge on any atom is -0.399 e. The summed E-state index contributed by atoms with van der Waals surface area (Å²) < 4.78 is 5.58. The lowest BCUT2D eigenvalue weighted by molar-refractivity contribution is -0.132. The predicted octanol–water partition coefficient (Wildman–Crippen LogP) is 2.51. The van der Waals surface area contributed by atoms with Gasteiger partial charge in [-0.2, -0.15) is 0 Å². The average molecular weight is 274 g/mol. The molecule has 0 bridgehead atoms. The molecule has 4 nitrogen and oxygen atoms in total. The number of hydrogen-bond donors (Lipinski definition) is 1. The number of amides is 1. The Morgan fingerprint density at radius 2 is 2.25 bits per heavy atom. The van der Waals surface area contributed by atoms with Crippen LogP contribution in [0.4, 0.5) is 11.4 Å². The van der Waals surface area contributed by atoms with Crippen LogP contribution in [-0.2, 0) is 16.0 Å². The molecular weight excluding hydrogens is 252 g/mol. The smallest absolute Gasteiger partial charge is 0.230 e. The topological polar surface area (TPSA) is 55.6 Å². The molecule has 1 unspecified atom stereocenters. The molecule has 1 aliphatic heterocycles. The molecule has 2 N–H and O–H groups in total. The van der Waals surface area contributed by atoms with Gasteiger partial charge < -0.3 is 15.4 Å². The van der Waals surface area contributed by atoms with Crippen molar-refractivity contribution >= 4 is 17.3 Å². The van der Waals surface area contributed by atoms with Crippen molar-refractivity contribution < 1.29 is 9.53 Å². The molecule has 0 aromatic heterocycles. The van der Waals surface area contributed by atoms with Gasteiger partial charge >= 0.3 is 0 Å². The van der Waals surface area contributed by atoms with Gasteiger partial charge in [-0.05, 0) is 56.4 Å². The van der Waals surface area contributed by atoms with Gasteiger partial charge in [0.1, 0.15) is 0 Å². The Morgan fingerprint density at radius 3 is 2.85 bits per heavy atom. The number of nitrogen functional groups attached to an aromatic ring is 1. The number of rotatable bonds is 3. The van der Waals surface area contributed by atoms with E-state index in [4.69, 9.17) is 10.5 Å². The maximum absolute atomic E-state index is 12.7. The van der Waals surface area contributed by atoms with E-state index in [1.54, 1.807) is 7.11 Å². The Kier molecular flexibility index (Phi) is 3.21. The highest BCUT2D eigenvalue weighted by Crippen LogP contribution is 2.40. The van der Waals surface area contributed by atoms with Crippen LogP contribution >= 0.6 is 0 Å². The second kappa shape index (κ2) is 4.77. The summed E-state index contributed by atoms with van der Waals surface area (Å²) in [5.41, 5.74) is 8.56. The maximum Gasteiger partial charge on any atom is 0.230 e. The van der Waals surface area contributed by atoms with Crippen molar-refractivity contribution in [3.8, 4) is 0 Å². The van der Waals surface area contributed by atoms with Crippen LogP contribution in [0.2, 0.25) is 0 Å². The van der Waals surface area contributed by atoms with E-state index in [0.717, 1.165) is 37.1 Å². The molecule has 1 fully saturated rings. The second-order valence-electron chi connectivity index (χ2n) is 6.12. The van der Waals surface area contributed by atoms with Crippen molar-refractivity contribution in [1.82, 2.24) is 0 Å². The summed E-state index contributed by atoms with van der Waals surface area (Å²) in [6, 6.07) is 6.02. The number of carbonyl (C=O) groups excluding carboxylic acids is 1. The molecule has 1 aliphatic carbocycles. The van der Waals surface area contributed by atoms with Crippen LogP contribution in [0.1, 0.15) is 38.2 Å². The largest absolute Gasteiger partial charge is 0.399 e. The predicted molar refractivity (Wildman–Crippen MR) is 79.7 cm³/mol. The van der Waals surface area contributed by atoms with Crippen molar-refractivity contribution in [2.45, 2.75) is 50.7 Å². The second-order valence-corrected chi connectivity index (χ2v) is 6.12. The highest BCUT2D eigenvalue weighted by molar-refractivity contribution is 5.97. The van der Waals surface area contributed by atoms with Gasteiger partial charge in [-0.15, -0.1) is 0 Å². The van der Waals surface area contributed by atoms with Gasteiger partial charge in [-0.1, -0.05) is 0 Å². The molecule has 0 radical (unpaired) electrons. The molecule has 1 saturated carbocycles. The molecular formula is C16H22N2O2. The molecule has 2 aliphatic rings. The quantitative estimate of drug-likeness (QED) is 0.862. The summed E-state index contributed by atoms with van der Waals surface area (Å²) >= 11 is 0. The van der Waals surface area contributed by atoms with Crippen LogP contribution in [0.25, 0.3) is 0 Å². The van der Waals surface area contributed by atoms with Crippen LogP contribution in [0.5, 0.6) is 0 Å². The molecule has 1 aromatic rings. The molecule has 1 amide bonds. The third-order valence-corrected chi connectivity index (χ3v) is 4.76. The zero-order valence-electron chi connectivity index (χ0n) is 12.2. The van der Waals surface area contributed by atoms with Gasteiger partial charge in [0, 0.05) is 24.5 Å². The number of fused-ring (bicyclic) bond motifs is 1. The molecule has 0 spiro atoms. The fourth-order valence-electron chi connectivity index (χ4n) is 3.42. The molecule has 1 atom stereocenters. The number of carbonyl (C=O) groups is 1. The molecule has 3 rings (SSSR count). The molecule has 108 valence electrons. The van der Waals surface area contributed by atoms with Gasteiger partial charge in [0.25, 0.3) is 0 Å². The number of ether oxygens (including phenoxy) is 1. The van der Waals surface area contributed by atoms with Crippen molar-refractivity contribution in [2.75, 3.05) is 17.7 Å². The van der Waals surface area contributed by atoms with Crippen molar-refractivity contribution in [1.29, 1.82) is 0 Å². The first-order valence-electron chi connectivity index (χ1n) is 7.30. The van der Waals surface area contributed by atoms with Crippen LogP contribution < -0.4 is 10.6 Å². The first-order valence-corrected chi connectivity index (χ1v) is 7.30. The Bertz CT molecular complexity index is 532. The molecule has 1 heterocycles. The standard InChI is InChI=1S/C16H22N2O2/c1-11-8-12-9-13(17)4-5-14(12)18(11)15(19)10-16(20-2)6-3-7-16/h4-5,9,11H,3,6-8,10,17H2,1-2H3. The van der Waals surface area contributed by atoms with Crippen molar-refractivity contribution in [2.24, 2.45) is 0 Å². The zero-order valence-corrected chi connectivity index (χ0v) is 12.2. The van der Waals surface area contributed by atoms with Gasteiger partial charge in [-0.25, -0.2) is 0 Å². The fourth-order valence-corrected chi connectivity index (χ4v) is 3.42. The monoisotopic (exact) mass is 274 g/mol. The third kappa shape index (κ3) is 2.08. The van der Waals surface area contributed by atoms with Gasteiger partial charge in [0.15, 0.2) is 0 Å². The van der Waals surface area contributed by atoms with E-state index in [0.29, 0.717) is 6.42 Å². The highest BCUT2D eigenvalue weighted by atomic mass is 16.5. The minimum atomic E-state index is -0.215. The Labute approximate surface area is 119 Å². The SMILES string of the molecule is COC1(CC(=O)N2c3ccc(N)cc3CC2C)CCC1.